The maximum absolute atomic E-state index is 12.9. The summed E-state index contributed by atoms with van der Waals surface area (Å²) >= 11 is 0. The summed E-state index contributed by atoms with van der Waals surface area (Å²) in [6.07, 6.45) is 3.21. The molecule has 0 saturated carbocycles. The molecule has 1 aliphatic heterocycles. The molecule has 1 N–H and O–H groups in total. The Morgan fingerprint density at radius 3 is 2.74 bits per heavy atom. The normalized spacial score (nSPS) is 17.7. The van der Waals surface area contributed by atoms with E-state index in [4.69, 9.17) is 0 Å². The van der Waals surface area contributed by atoms with Crippen LogP contribution >= 0.6 is 0 Å². The maximum Gasteiger partial charge on any atom is 0.258 e. The van der Waals surface area contributed by atoms with Crippen molar-refractivity contribution in [1.29, 1.82) is 0 Å². The van der Waals surface area contributed by atoms with Crippen LogP contribution in [-0.2, 0) is 18.4 Å². The van der Waals surface area contributed by atoms with Crippen LogP contribution < -0.4 is 5.32 Å². The van der Waals surface area contributed by atoms with E-state index in [2.05, 4.69) is 10.4 Å². The number of nitrogens with zero attached hydrogens (tertiary/aromatic N) is 3. The van der Waals surface area contributed by atoms with E-state index >= 15 is 0 Å². The largest absolute Gasteiger partial charge is 0.324 e. The van der Waals surface area contributed by atoms with E-state index in [1.807, 2.05) is 38.1 Å². The highest BCUT2D eigenvalue weighted by atomic mass is 16.2. The Morgan fingerprint density at radius 1 is 1.35 bits per heavy atom. The quantitative estimate of drug-likeness (QED) is 0.923. The van der Waals surface area contributed by atoms with E-state index in [0.717, 1.165) is 11.3 Å². The Hall–Kier alpha value is -2.63. The van der Waals surface area contributed by atoms with Crippen LogP contribution in [0.25, 0.3) is 0 Å². The van der Waals surface area contributed by atoms with Gasteiger partial charge in [-0.3, -0.25) is 14.3 Å². The number of para-hydroxylation sites is 1. The van der Waals surface area contributed by atoms with Gasteiger partial charge in [-0.25, -0.2) is 0 Å². The molecule has 0 spiro atoms. The molecule has 23 heavy (non-hydrogen) atoms. The summed E-state index contributed by atoms with van der Waals surface area (Å²) in [5.41, 5.74) is 2.19. The van der Waals surface area contributed by atoms with E-state index < -0.39 is 6.04 Å². The fourth-order valence-electron chi connectivity index (χ4n) is 2.97. The lowest BCUT2D eigenvalue weighted by Crippen LogP contribution is -2.48. The maximum atomic E-state index is 12.9. The Labute approximate surface area is 135 Å². The van der Waals surface area contributed by atoms with Gasteiger partial charge in [0.15, 0.2) is 0 Å². The van der Waals surface area contributed by atoms with Crippen molar-refractivity contribution in [1.82, 2.24) is 14.7 Å². The Bertz CT molecular complexity index is 751. The average Bonchev–Trinajstić information content (AvgIpc) is 2.87. The highest BCUT2D eigenvalue weighted by molar-refractivity contribution is 6.02. The summed E-state index contributed by atoms with van der Waals surface area (Å²) < 4.78 is 1.59. The molecule has 1 aromatic carbocycles. The first kappa shape index (κ1) is 15.3. The van der Waals surface area contributed by atoms with Crippen molar-refractivity contribution in [2.45, 2.75) is 26.4 Å². The number of hydrogen-bond donors (Lipinski definition) is 1. The third-order valence-electron chi connectivity index (χ3n) is 4.06. The zero-order valence-electron chi connectivity index (χ0n) is 13.5. The van der Waals surface area contributed by atoms with E-state index in [1.165, 1.54) is 6.20 Å². The lowest BCUT2D eigenvalue weighted by atomic mass is 10.0. The molecule has 0 radical (unpaired) electrons. The molecule has 0 saturated heterocycles. The van der Waals surface area contributed by atoms with Crippen LogP contribution in [0.3, 0.4) is 0 Å². The molecular formula is C17H20N4O2. The van der Waals surface area contributed by atoms with Gasteiger partial charge >= 0.3 is 0 Å². The van der Waals surface area contributed by atoms with Gasteiger partial charge in [0.1, 0.15) is 6.04 Å². The predicted molar refractivity (Wildman–Crippen MR) is 86.8 cm³/mol. The SMILES string of the molecule is CC(C)C1C(=O)Nc2ccccc2CN1C(=O)c1cnn(C)c1. The Morgan fingerprint density at radius 2 is 2.09 bits per heavy atom. The van der Waals surface area contributed by atoms with Crippen LogP contribution in [0.15, 0.2) is 36.7 Å². The number of amides is 2. The van der Waals surface area contributed by atoms with Gasteiger partial charge in [-0.05, 0) is 17.5 Å². The number of carbonyl (C=O) groups excluding carboxylic acids is 2. The second-order valence-corrected chi connectivity index (χ2v) is 6.17. The second kappa shape index (κ2) is 5.87. The van der Waals surface area contributed by atoms with Crippen LogP contribution in [-0.4, -0.2) is 32.5 Å². The number of aryl methyl sites for hydroxylation is 1. The monoisotopic (exact) mass is 312 g/mol. The molecule has 1 unspecified atom stereocenters. The number of carbonyl (C=O) groups is 2. The molecule has 2 aromatic rings. The van der Waals surface area contributed by atoms with Gasteiger partial charge in [0.2, 0.25) is 5.91 Å². The van der Waals surface area contributed by atoms with Crippen molar-refractivity contribution in [2.24, 2.45) is 13.0 Å². The first-order chi connectivity index (χ1) is 11.0. The van der Waals surface area contributed by atoms with Crippen molar-refractivity contribution in [3.05, 3.63) is 47.8 Å². The van der Waals surface area contributed by atoms with Crippen LogP contribution in [0.4, 0.5) is 5.69 Å². The van der Waals surface area contributed by atoms with Crippen molar-refractivity contribution >= 4 is 17.5 Å². The van der Waals surface area contributed by atoms with Crippen molar-refractivity contribution in [3.8, 4) is 0 Å². The van der Waals surface area contributed by atoms with Gasteiger partial charge in [-0.1, -0.05) is 32.0 Å². The zero-order chi connectivity index (χ0) is 16.6. The average molecular weight is 312 g/mol. The third-order valence-corrected chi connectivity index (χ3v) is 4.06. The molecule has 120 valence electrons. The molecule has 1 atom stereocenters. The Balaban J connectivity index is 2.03. The first-order valence-corrected chi connectivity index (χ1v) is 7.65. The van der Waals surface area contributed by atoms with E-state index in [-0.39, 0.29) is 17.7 Å². The topological polar surface area (TPSA) is 67.2 Å². The predicted octanol–water partition coefficient (Wildman–Crippen LogP) is 2.04. The lowest BCUT2D eigenvalue weighted by Gasteiger charge is -2.31. The highest BCUT2D eigenvalue weighted by Crippen LogP contribution is 2.27. The number of hydrogen-bond acceptors (Lipinski definition) is 3. The van der Waals surface area contributed by atoms with E-state index in [1.54, 1.807) is 22.8 Å². The number of benzene rings is 1. The number of rotatable bonds is 2. The first-order valence-electron chi connectivity index (χ1n) is 7.65. The fraction of sp³-hybridized carbons (Fsp3) is 0.353. The number of anilines is 1. The molecule has 0 fully saturated rings. The van der Waals surface area contributed by atoms with Crippen LogP contribution in [0.5, 0.6) is 0 Å². The number of aromatic nitrogens is 2. The fourth-order valence-corrected chi connectivity index (χ4v) is 2.97. The minimum absolute atomic E-state index is 0.00457. The van der Waals surface area contributed by atoms with Gasteiger partial charge in [0.25, 0.3) is 5.91 Å². The van der Waals surface area contributed by atoms with Gasteiger partial charge < -0.3 is 10.2 Å². The molecule has 3 rings (SSSR count). The molecule has 6 nitrogen and oxygen atoms in total. The summed E-state index contributed by atoms with van der Waals surface area (Å²) in [5.74, 6) is -0.323. The van der Waals surface area contributed by atoms with Crippen LogP contribution in [0, 0.1) is 5.92 Å². The van der Waals surface area contributed by atoms with Gasteiger partial charge in [0.05, 0.1) is 11.8 Å². The summed E-state index contributed by atoms with van der Waals surface area (Å²) in [7, 11) is 1.77. The molecule has 0 bridgehead atoms. The van der Waals surface area contributed by atoms with Crippen molar-refractivity contribution < 1.29 is 9.59 Å². The minimum Gasteiger partial charge on any atom is -0.324 e. The zero-order valence-corrected chi connectivity index (χ0v) is 13.5. The standard InChI is InChI=1S/C17H20N4O2/c1-11(2)15-16(22)19-14-7-5-4-6-12(14)10-21(15)17(23)13-8-18-20(3)9-13/h4-9,11,15H,10H2,1-3H3,(H,19,22). The van der Waals surface area contributed by atoms with Gasteiger partial charge in [-0.2, -0.15) is 5.10 Å². The second-order valence-electron chi connectivity index (χ2n) is 6.17. The third kappa shape index (κ3) is 2.84. The van der Waals surface area contributed by atoms with Crippen molar-refractivity contribution in [2.75, 3.05) is 5.32 Å². The van der Waals surface area contributed by atoms with E-state index in [9.17, 15) is 9.59 Å². The van der Waals surface area contributed by atoms with Crippen molar-refractivity contribution in [3.63, 3.8) is 0 Å². The minimum atomic E-state index is -0.518. The smallest absolute Gasteiger partial charge is 0.258 e. The summed E-state index contributed by atoms with van der Waals surface area (Å²) in [5, 5.41) is 7.00. The molecule has 0 aliphatic carbocycles. The summed E-state index contributed by atoms with van der Waals surface area (Å²) in [4.78, 5) is 27.2. The van der Waals surface area contributed by atoms with Crippen LogP contribution in [0.2, 0.25) is 0 Å². The molecule has 1 aliphatic rings. The molecule has 1 aromatic heterocycles. The molecule has 2 amide bonds. The molecule has 2 heterocycles. The Kier molecular flexibility index (Phi) is 3.90. The number of fused-ring (bicyclic) bond motifs is 1. The number of nitrogens with one attached hydrogen (secondary N) is 1. The molecule has 6 heteroatoms. The summed E-state index contributed by atoms with van der Waals surface area (Å²) in [6.45, 7) is 4.29. The van der Waals surface area contributed by atoms with Gasteiger partial charge in [0, 0.05) is 25.5 Å². The van der Waals surface area contributed by atoms with E-state index in [0.29, 0.717) is 12.1 Å². The highest BCUT2D eigenvalue weighted by Gasteiger charge is 2.36. The molecular weight excluding hydrogens is 292 g/mol. The summed E-state index contributed by atoms with van der Waals surface area (Å²) in [6, 6.07) is 7.06. The lowest BCUT2D eigenvalue weighted by molar-refractivity contribution is -0.121. The van der Waals surface area contributed by atoms with Crippen LogP contribution in [0.1, 0.15) is 29.8 Å². The van der Waals surface area contributed by atoms with Gasteiger partial charge in [-0.15, -0.1) is 0 Å².